The van der Waals surface area contributed by atoms with E-state index in [2.05, 4.69) is 10.3 Å². The van der Waals surface area contributed by atoms with Gasteiger partial charge in [-0.25, -0.2) is 0 Å². The number of nitrogens with zero attached hydrogens (tertiary/aromatic N) is 2. The predicted octanol–water partition coefficient (Wildman–Crippen LogP) is 3.16. The third kappa shape index (κ3) is 5.10. The summed E-state index contributed by atoms with van der Waals surface area (Å²) >= 11 is 0. The average Bonchev–Trinajstić information content (AvgIpc) is 2.62. The summed E-state index contributed by atoms with van der Waals surface area (Å²) in [5.41, 5.74) is 8.82. The van der Waals surface area contributed by atoms with Crippen molar-refractivity contribution >= 4 is 47.2 Å². The van der Waals surface area contributed by atoms with Crippen molar-refractivity contribution in [2.24, 2.45) is 10.7 Å². The molecule has 3 N–H and O–H groups in total. The molecule has 1 heterocycles. The molecule has 0 aliphatic carbocycles. The average molecular weight is 466 g/mol. The Kier molecular flexibility index (Phi) is 7.26. The molecule has 1 aliphatic heterocycles. The first-order valence-electron chi connectivity index (χ1n) is 8.29. The van der Waals surface area contributed by atoms with Crippen molar-refractivity contribution in [1.82, 2.24) is 0 Å². The van der Waals surface area contributed by atoms with Gasteiger partial charge in [-0.1, -0.05) is 29.8 Å². The van der Waals surface area contributed by atoms with Crippen LogP contribution in [-0.4, -0.2) is 31.6 Å². The fourth-order valence-electron chi connectivity index (χ4n) is 2.65. The lowest BCUT2D eigenvalue weighted by atomic mass is 10.2. The number of para-hydroxylation sites is 2. The molecule has 0 unspecified atom stereocenters. The summed E-state index contributed by atoms with van der Waals surface area (Å²) in [5.74, 6) is 1.08. The van der Waals surface area contributed by atoms with Crippen molar-refractivity contribution in [2.45, 2.75) is 13.3 Å². The number of halogens is 1. The van der Waals surface area contributed by atoms with Crippen LogP contribution in [0.25, 0.3) is 0 Å². The van der Waals surface area contributed by atoms with E-state index in [-0.39, 0.29) is 36.5 Å². The predicted molar refractivity (Wildman–Crippen MR) is 116 cm³/mol. The molecule has 7 heteroatoms. The largest absolute Gasteiger partial charge is 0.482 e. The maximum Gasteiger partial charge on any atom is 0.265 e. The molecule has 0 bridgehead atoms. The summed E-state index contributed by atoms with van der Waals surface area (Å²) in [5, 5.41) is 3.06. The molecule has 138 valence electrons. The molecule has 0 saturated heterocycles. The number of aryl methyl sites for hydroxylation is 1. The van der Waals surface area contributed by atoms with Gasteiger partial charge in [0.15, 0.2) is 12.6 Å². The van der Waals surface area contributed by atoms with Crippen LogP contribution in [0.5, 0.6) is 5.75 Å². The fourth-order valence-corrected chi connectivity index (χ4v) is 2.65. The van der Waals surface area contributed by atoms with Crippen LogP contribution >= 0.6 is 24.0 Å². The molecule has 0 atom stereocenters. The van der Waals surface area contributed by atoms with Gasteiger partial charge in [0.25, 0.3) is 5.91 Å². The molecule has 0 radical (unpaired) electrons. The van der Waals surface area contributed by atoms with Crippen LogP contribution in [0.3, 0.4) is 0 Å². The summed E-state index contributed by atoms with van der Waals surface area (Å²) < 4.78 is 5.44. The van der Waals surface area contributed by atoms with Crippen LogP contribution in [0.15, 0.2) is 53.5 Å². The summed E-state index contributed by atoms with van der Waals surface area (Å²) in [7, 11) is 0. The van der Waals surface area contributed by atoms with Gasteiger partial charge in [-0.05, 0) is 37.6 Å². The summed E-state index contributed by atoms with van der Waals surface area (Å²) in [6.07, 6.45) is 0.719. The smallest absolute Gasteiger partial charge is 0.265 e. The minimum atomic E-state index is -0.0339. The SMILES string of the molecule is Cc1ccc(NC(N)=NCCCN2C(=O)COc3ccccc32)cc1.I. The topological polar surface area (TPSA) is 80.0 Å². The van der Waals surface area contributed by atoms with Crippen molar-refractivity contribution in [1.29, 1.82) is 0 Å². The lowest BCUT2D eigenvalue weighted by Crippen LogP contribution is -2.39. The molecule has 0 fully saturated rings. The minimum absolute atomic E-state index is 0. The Labute approximate surface area is 170 Å². The highest BCUT2D eigenvalue weighted by molar-refractivity contribution is 14.0. The lowest BCUT2D eigenvalue weighted by Gasteiger charge is -2.29. The van der Waals surface area contributed by atoms with Crippen molar-refractivity contribution in [2.75, 3.05) is 29.9 Å². The van der Waals surface area contributed by atoms with Gasteiger partial charge in [-0.3, -0.25) is 9.79 Å². The van der Waals surface area contributed by atoms with Crippen LogP contribution < -0.4 is 20.7 Å². The highest BCUT2D eigenvalue weighted by atomic mass is 127. The number of hydrogen-bond donors (Lipinski definition) is 2. The van der Waals surface area contributed by atoms with Crippen molar-refractivity contribution in [3.63, 3.8) is 0 Å². The second kappa shape index (κ2) is 9.42. The number of aliphatic imine (C=N–C) groups is 1. The normalized spacial score (nSPS) is 13.5. The Hall–Kier alpha value is -2.29. The first kappa shape index (κ1) is 20.0. The Morgan fingerprint density at radius 1 is 1.23 bits per heavy atom. The van der Waals surface area contributed by atoms with Gasteiger partial charge in [0.05, 0.1) is 5.69 Å². The number of benzene rings is 2. The summed E-state index contributed by atoms with van der Waals surface area (Å²) in [6.45, 7) is 3.24. The van der Waals surface area contributed by atoms with Crippen molar-refractivity contribution < 1.29 is 9.53 Å². The van der Waals surface area contributed by atoms with E-state index in [1.807, 2.05) is 55.5 Å². The highest BCUT2D eigenvalue weighted by Gasteiger charge is 2.24. The standard InChI is InChI=1S/C19H22N4O2.HI/c1-14-7-9-15(10-8-14)22-19(20)21-11-4-12-23-16-5-2-3-6-17(16)25-13-18(23)24;/h2-3,5-10H,4,11-13H2,1H3,(H3,20,21,22);1H. The number of fused-ring (bicyclic) bond motifs is 1. The molecular weight excluding hydrogens is 443 g/mol. The minimum Gasteiger partial charge on any atom is -0.482 e. The van der Waals surface area contributed by atoms with Gasteiger partial charge in [-0.2, -0.15) is 0 Å². The van der Waals surface area contributed by atoms with Gasteiger partial charge < -0.3 is 20.7 Å². The third-order valence-corrected chi connectivity index (χ3v) is 3.95. The molecule has 6 nitrogen and oxygen atoms in total. The van der Waals surface area contributed by atoms with Gasteiger partial charge in [0, 0.05) is 18.8 Å². The van der Waals surface area contributed by atoms with Gasteiger partial charge >= 0.3 is 0 Å². The number of carbonyl (C=O) groups is 1. The molecule has 26 heavy (non-hydrogen) atoms. The van der Waals surface area contributed by atoms with Crippen LogP contribution in [0.4, 0.5) is 11.4 Å². The van der Waals surface area contributed by atoms with E-state index in [4.69, 9.17) is 10.5 Å². The zero-order chi connectivity index (χ0) is 17.6. The zero-order valence-corrected chi connectivity index (χ0v) is 17.0. The second-order valence-corrected chi connectivity index (χ2v) is 5.91. The van der Waals surface area contributed by atoms with E-state index in [1.165, 1.54) is 5.56 Å². The quantitative estimate of drug-likeness (QED) is 0.307. The van der Waals surface area contributed by atoms with Crippen molar-refractivity contribution in [3.8, 4) is 5.75 Å². The Bertz CT molecular complexity index is 777. The maximum atomic E-state index is 12.1. The molecule has 0 spiro atoms. The number of nitrogens with one attached hydrogen (secondary N) is 1. The molecule has 2 aromatic carbocycles. The number of rotatable bonds is 5. The van der Waals surface area contributed by atoms with E-state index in [0.29, 0.717) is 19.0 Å². The Morgan fingerprint density at radius 3 is 2.73 bits per heavy atom. The van der Waals surface area contributed by atoms with E-state index < -0.39 is 0 Å². The number of anilines is 2. The summed E-state index contributed by atoms with van der Waals surface area (Å²) in [4.78, 5) is 18.2. The first-order valence-corrected chi connectivity index (χ1v) is 8.29. The zero-order valence-electron chi connectivity index (χ0n) is 14.6. The van der Waals surface area contributed by atoms with Crippen molar-refractivity contribution in [3.05, 3.63) is 54.1 Å². The number of nitrogens with two attached hydrogens (primary N) is 1. The Balaban J connectivity index is 0.00000243. The number of carbonyl (C=O) groups excluding carboxylic acids is 1. The molecule has 1 aliphatic rings. The molecule has 3 rings (SSSR count). The number of ether oxygens (including phenoxy) is 1. The highest BCUT2D eigenvalue weighted by Crippen LogP contribution is 2.31. The molecule has 0 aromatic heterocycles. The van der Waals surface area contributed by atoms with Gasteiger partial charge in [0.1, 0.15) is 5.75 Å². The van der Waals surface area contributed by atoms with Crippen LogP contribution in [0, 0.1) is 6.92 Å². The molecule has 0 saturated carbocycles. The van der Waals surface area contributed by atoms with Gasteiger partial charge in [0.2, 0.25) is 0 Å². The van der Waals surface area contributed by atoms with Gasteiger partial charge in [-0.15, -0.1) is 24.0 Å². The van der Waals surface area contributed by atoms with E-state index >= 15 is 0 Å². The van der Waals surface area contributed by atoms with E-state index in [1.54, 1.807) is 4.90 Å². The van der Waals surface area contributed by atoms with E-state index in [9.17, 15) is 4.79 Å². The van der Waals surface area contributed by atoms with Crippen LogP contribution in [0.2, 0.25) is 0 Å². The molecule has 1 amide bonds. The first-order chi connectivity index (χ1) is 12.1. The summed E-state index contributed by atoms with van der Waals surface area (Å²) in [6, 6.07) is 15.5. The Morgan fingerprint density at radius 2 is 1.96 bits per heavy atom. The fraction of sp³-hybridized carbons (Fsp3) is 0.263. The molecule has 2 aromatic rings. The number of hydrogen-bond acceptors (Lipinski definition) is 3. The third-order valence-electron chi connectivity index (χ3n) is 3.95. The second-order valence-electron chi connectivity index (χ2n) is 5.91. The maximum absolute atomic E-state index is 12.1. The number of amides is 1. The molecular formula is C19H23IN4O2. The lowest BCUT2D eigenvalue weighted by molar-refractivity contribution is -0.121. The number of guanidine groups is 1. The van der Waals surface area contributed by atoms with Crippen LogP contribution in [-0.2, 0) is 4.79 Å². The monoisotopic (exact) mass is 466 g/mol. The van der Waals surface area contributed by atoms with E-state index in [0.717, 1.165) is 23.5 Å². The van der Waals surface area contributed by atoms with Crippen LogP contribution in [0.1, 0.15) is 12.0 Å².